The fraction of sp³-hybridized carbons (Fsp3) is 0.455. The minimum Gasteiger partial charge on any atom is -0.358 e. The largest absolute Gasteiger partial charge is 0.358 e. The summed E-state index contributed by atoms with van der Waals surface area (Å²) in [6, 6.07) is 4.04. The Morgan fingerprint density at radius 2 is 2.25 bits per heavy atom. The highest BCUT2D eigenvalue weighted by atomic mass is 16.5. The van der Waals surface area contributed by atoms with Gasteiger partial charge in [-0.1, -0.05) is 5.16 Å². The number of likely N-dealkylation sites (N-methyl/N-ethyl adjacent to an activating group) is 1. The molecule has 0 amide bonds. The van der Waals surface area contributed by atoms with Crippen LogP contribution in [0.4, 0.5) is 5.82 Å². The highest BCUT2D eigenvalue weighted by Crippen LogP contribution is 2.19. The predicted molar refractivity (Wildman–Crippen MR) is 63.5 cm³/mol. The minimum atomic E-state index is 0.110. The Balaban J connectivity index is 2.32. The third-order valence-electron chi connectivity index (χ3n) is 2.46. The second-order valence-electron chi connectivity index (χ2n) is 4.15. The van der Waals surface area contributed by atoms with Crippen LogP contribution in [0.15, 0.2) is 16.7 Å². The molecule has 0 aliphatic heterocycles. The lowest BCUT2D eigenvalue weighted by Gasteiger charge is -2.19. The zero-order valence-corrected chi connectivity index (χ0v) is 9.77. The van der Waals surface area contributed by atoms with E-state index in [1.165, 1.54) is 0 Å². The van der Waals surface area contributed by atoms with Gasteiger partial charge in [-0.15, -0.1) is 0 Å². The van der Waals surface area contributed by atoms with Crippen LogP contribution in [-0.4, -0.2) is 29.8 Å². The maximum Gasteiger partial charge on any atom is 0.259 e. The van der Waals surface area contributed by atoms with Crippen LogP contribution in [0, 0.1) is 6.92 Å². The molecule has 2 aromatic heterocycles. The number of fused-ring (bicyclic) bond motifs is 1. The molecule has 2 rings (SSSR count). The number of rotatable bonds is 3. The number of pyridine rings is 1. The van der Waals surface area contributed by atoms with Crippen LogP contribution in [0.25, 0.3) is 11.1 Å². The van der Waals surface area contributed by atoms with E-state index in [0.29, 0.717) is 5.71 Å². The lowest BCUT2D eigenvalue weighted by molar-refractivity contribution is 0.443. The third kappa shape index (κ3) is 1.99. The molecule has 0 aliphatic rings. The predicted octanol–water partition coefficient (Wildman–Crippen LogP) is 1.31. The van der Waals surface area contributed by atoms with Crippen molar-refractivity contribution in [3.63, 3.8) is 0 Å². The molecule has 0 bridgehead atoms. The Morgan fingerprint density at radius 1 is 1.50 bits per heavy atom. The molecule has 0 spiro atoms. The van der Waals surface area contributed by atoms with Crippen molar-refractivity contribution in [2.45, 2.75) is 19.9 Å². The van der Waals surface area contributed by atoms with Crippen LogP contribution in [0.1, 0.15) is 12.6 Å². The fourth-order valence-electron chi connectivity index (χ4n) is 1.67. The Labute approximate surface area is 94.2 Å². The van der Waals surface area contributed by atoms with E-state index in [1.807, 2.05) is 37.9 Å². The molecule has 0 aromatic carbocycles. The summed E-state index contributed by atoms with van der Waals surface area (Å²) < 4.78 is 5.13. The summed E-state index contributed by atoms with van der Waals surface area (Å²) in [5.74, 6) is 0.848. The normalized spacial score (nSPS) is 13.0. The summed E-state index contributed by atoms with van der Waals surface area (Å²) >= 11 is 0. The van der Waals surface area contributed by atoms with Crippen molar-refractivity contribution < 1.29 is 4.52 Å². The molecular weight excluding hydrogens is 204 g/mol. The van der Waals surface area contributed by atoms with Crippen LogP contribution in [0.2, 0.25) is 0 Å². The van der Waals surface area contributed by atoms with E-state index in [2.05, 4.69) is 10.1 Å². The van der Waals surface area contributed by atoms with Gasteiger partial charge in [-0.05, 0) is 26.0 Å². The van der Waals surface area contributed by atoms with E-state index in [-0.39, 0.29) is 6.04 Å². The summed E-state index contributed by atoms with van der Waals surface area (Å²) in [6.07, 6.45) is 0. The molecule has 2 heterocycles. The van der Waals surface area contributed by atoms with Gasteiger partial charge >= 0.3 is 0 Å². The Hall–Kier alpha value is -1.62. The molecule has 2 N–H and O–H groups in total. The maximum absolute atomic E-state index is 5.74. The maximum atomic E-state index is 5.74. The van der Waals surface area contributed by atoms with Crippen LogP contribution in [0.3, 0.4) is 0 Å². The average molecular weight is 220 g/mol. The molecule has 0 saturated carbocycles. The van der Waals surface area contributed by atoms with Gasteiger partial charge in [0.05, 0.1) is 11.1 Å². The van der Waals surface area contributed by atoms with Crippen molar-refractivity contribution >= 4 is 16.9 Å². The first-order valence-electron chi connectivity index (χ1n) is 5.27. The first kappa shape index (κ1) is 10.9. The van der Waals surface area contributed by atoms with Crippen molar-refractivity contribution in [1.29, 1.82) is 0 Å². The lowest BCUT2D eigenvalue weighted by atomic mass is 10.2. The number of hydrogen-bond acceptors (Lipinski definition) is 5. The van der Waals surface area contributed by atoms with Gasteiger partial charge in [0.2, 0.25) is 0 Å². The molecule has 2 aromatic rings. The van der Waals surface area contributed by atoms with E-state index in [4.69, 9.17) is 10.3 Å². The zero-order chi connectivity index (χ0) is 11.7. The van der Waals surface area contributed by atoms with E-state index in [0.717, 1.165) is 23.4 Å². The topological polar surface area (TPSA) is 68.2 Å². The van der Waals surface area contributed by atoms with Crippen molar-refractivity contribution in [3.05, 3.63) is 17.8 Å². The average Bonchev–Trinajstić information content (AvgIpc) is 2.59. The molecule has 0 aliphatic carbocycles. The number of nitrogens with zero attached hydrogens (tertiary/aromatic N) is 3. The van der Waals surface area contributed by atoms with E-state index in [1.54, 1.807) is 0 Å². The van der Waals surface area contributed by atoms with Crippen molar-refractivity contribution in [2.75, 3.05) is 18.5 Å². The molecule has 5 nitrogen and oxygen atoms in total. The summed E-state index contributed by atoms with van der Waals surface area (Å²) in [5, 5.41) is 4.83. The number of hydrogen-bond donors (Lipinski definition) is 1. The standard InChI is InChI=1S/C11H16N4O/c1-7(12)6-15(3)10-5-4-9-8(2)14-16-11(9)13-10/h4-5,7H,6,12H2,1-3H3. The third-order valence-corrected chi connectivity index (χ3v) is 2.46. The summed E-state index contributed by atoms with van der Waals surface area (Å²) in [7, 11) is 1.96. The second kappa shape index (κ2) is 4.09. The molecule has 1 unspecified atom stereocenters. The number of aromatic nitrogens is 2. The van der Waals surface area contributed by atoms with Crippen LogP contribution < -0.4 is 10.6 Å². The van der Waals surface area contributed by atoms with Crippen molar-refractivity contribution in [1.82, 2.24) is 10.1 Å². The quantitative estimate of drug-likeness (QED) is 0.844. The van der Waals surface area contributed by atoms with Crippen LogP contribution in [-0.2, 0) is 0 Å². The Bertz CT molecular complexity index is 492. The van der Waals surface area contributed by atoms with E-state index < -0.39 is 0 Å². The van der Waals surface area contributed by atoms with Gasteiger partial charge in [-0.2, -0.15) is 4.98 Å². The second-order valence-corrected chi connectivity index (χ2v) is 4.15. The molecule has 86 valence electrons. The fourth-order valence-corrected chi connectivity index (χ4v) is 1.67. The Morgan fingerprint density at radius 3 is 2.94 bits per heavy atom. The van der Waals surface area contributed by atoms with Gasteiger partial charge in [0.1, 0.15) is 5.82 Å². The smallest absolute Gasteiger partial charge is 0.259 e. The molecule has 1 atom stereocenters. The van der Waals surface area contributed by atoms with Gasteiger partial charge < -0.3 is 15.2 Å². The highest BCUT2D eigenvalue weighted by Gasteiger charge is 2.09. The molecule has 0 radical (unpaired) electrons. The van der Waals surface area contributed by atoms with Crippen molar-refractivity contribution in [2.24, 2.45) is 5.73 Å². The monoisotopic (exact) mass is 220 g/mol. The number of nitrogens with two attached hydrogens (primary N) is 1. The first-order valence-corrected chi connectivity index (χ1v) is 5.27. The minimum absolute atomic E-state index is 0.110. The molecule has 0 saturated heterocycles. The van der Waals surface area contributed by atoms with Crippen LogP contribution >= 0.6 is 0 Å². The van der Waals surface area contributed by atoms with Crippen molar-refractivity contribution in [3.8, 4) is 0 Å². The summed E-state index contributed by atoms with van der Waals surface area (Å²) in [6.45, 7) is 4.62. The summed E-state index contributed by atoms with van der Waals surface area (Å²) in [5.41, 5.74) is 7.18. The van der Waals surface area contributed by atoms with Gasteiger partial charge in [-0.3, -0.25) is 0 Å². The lowest BCUT2D eigenvalue weighted by Crippen LogP contribution is -2.33. The van der Waals surface area contributed by atoms with Gasteiger partial charge in [0, 0.05) is 19.6 Å². The van der Waals surface area contributed by atoms with Gasteiger partial charge in [-0.25, -0.2) is 0 Å². The first-order chi connectivity index (χ1) is 7.58. The van der Waals surface area contributed by atoms with Gasteiger partial charge in [0.15, 0.2) is 0 Å². The highest BCUT2D eigenvalue weighted by molar-refractivity contribution is 5.77. The number of anilines is 1. The number of aryl methyl sites for hydroxylation is 1. The molecule has 5 heteroatoms. The van der Waals surface area contributed by atoms with Gasteiger partial charge in [0.25, 0.3) is 5.71 Å². The zero-order valence-electron chi connectivity index (χ0n) is 9.77. The van der Waals surface area contributed by atoms with E-state index >= 15 is 0 Å². The molecular formula is C11H16N4O. The molecule has 16 heavy (non-hydrogen) atoms. The molecule has 0 fully saturated rings. The van der Waals surface area contributed by atoms with Crippen LogP contribution in [0.5, 0.6) is 0 Å². The SMILES string of the molecule is Cc1noc2nc(N(C)CC(C)N)ccc12. The summed E-state index contributed by atoms with van der Waals surface area (Å²) in [4.78, 5) is 6.39. The Kier molecular flexibility index (Phi) is 2.78. The van der Waals surface area contributed by atoms with E-state index in [9.17, 15) is 0 Å².